The number of carbonyl (C=O) groups excluding carboxylic acids is 1. The van der Waals surface area contributed by atoms with Crippen LogP contribution in [-0.2, 0) is 4.79 Å². The molecule has 1 unspecified atom stereocenters. The van der Waals surface area contributed by atoms with Crippen molar-refractivity contribution in [2.75, 3.05) is 0 Å². The van der Waals surface area contributed by atoms with Crippen molar-refractivity contribution < 1.29 is 4.79 Å². The van der Waals surface area contributed by atoms with E-state index in [0.717, 1.165) is 11.9 Å². The van der Waals surface area contributed by atoms with E-state index in [1.54, 1.807) is 6.08 Å². The van der Waals surface area contributed by atoms with Crippen molar-refractivity contribution in [2.45, 2.75) is 40.5 Å². The van der Waals surface area contributed by atoms with Gasteiger partial charge in [-0.3, -0.25) is 4.79 Å². The highest BCUT2D eigenvalue weighted by atomic mass is 16.1. The smallest absolute Gasteiger partial charge is 0.143 e. The molecule has 0 N–H and O–H groups in total. The fourth-order valence-electron chi connectivity index (χ4n) is 2.39. The van der Waals surface area contributed by atoms with Crippen molar-refractivity contribution in [1.82, 2.24) is 0 Å². The van der Waals surface area contributed by atoms with Gasteiger partial charge in [-0.2, -0.15) is 0 Å². The zero-order chi connectivity index (χ0) is 12.2. The van der Waals surface area contributed by atoms with Crippen LogP contribution in [0.15, 0.2) is 35.5 Å². The van der Waals surface area contributed by atoms with E-state index in [-0.39, 0.29) is 0 Å². The Kier molecular flexibility index (Phi) is 4.28. The number of rotatable bonds is 3. The fraction of sp³-hybridized carbons (Fsp3) is 0.533. The molecule has 1 nitrogen and oxygen atoms in total. The molecule has 1 atom stereocenters. The second kappa shape index (κ2) is 5.29. The second-order valence-electron chi connectivity index (χ2n) is 5.36. The predicted octanol–water partition coefficient (Wildman–Crippen LogP) is 4.07. The monoisotopic (exact) mass is 218 g/mol. The minimum atomic E-state index is 0.330. The summed E-state index contributed by atoms with van der Waals surface area (Å²) in [5, 5.41) is 0. The van der Waals surface area contributed by atoms with Crippen LogP contribution < -0.4 is 0 Å². The van der Waals surface area contributed by atoms with Gasteiger partial charge in [0.15, 0.2) is 0 Å². The lowest BCUT2D eigenvalue weighted by atomic mass is 9.68. The highest BCUT2D eigenvalue weighted by molar-refractivity contribution is 5.66. The number of hydrogen-bond acceptors (Lipinski definition) is 1. The molecule has 1 aliphatic rings. The van der Waals surface area contributed by atoms with Gasteiger partial charge in [0, 0.05) is 5.92 Å². The summed E-state index contributed by atoms with van der Waals surface area (Å²) < 4.78 is 0. The summed E-state index contributed by atoms with van der Waals surface area (Å²) in [4.78, 5) is 10.3. The van der Waals surface area contributed by atoms with E-state index < -0.39 is 0 Å². The van der Waals surface area contributed by atoms with Gasteiger partial charge in [0.1, 0.15) is 6.29 Å². The van der Waals surface area contributed by atoms with Crippen LogP contribution in [0.25, 0.3) is 0 Å². The van der Waals surface area contributed by atoms with E-state index >= 15 is 0 Å². The third-order valence-corrected chi connectivity index (χ3v) is 3.47. The highest BCUT2D eigenvalue weighted by Gasteiger charge is 2.30. The van der Waals surface area contributed by atoms with Crippen LogP contribution in [-0.4, -0.2) is 6.29 Å². The molecule has 0 aliphatic heterocycles. The van der Waals surface area contributed by atoms with Gasteiger partial charge in [-0.25, -0.2) is 0 Å². The molecule has 0 radical (unpaired) electrons. The maximum Gasteiger partial charge on any atom is 0.143 e. The Balaban J connectivity index is 2.85. The van der Waals surface area contributed by atoms with Gasteiger partial charge in [0.05, 0.1) is 0 Å². The number of allylic oxidation sites excluding steroid dienone is 6. The lowest BCUT2D eigenvalue weighted by Crippen LogP contribution is -2.26. The van der Waals surface area contributed by atoms with E-state index in [0.29, 0.717) is 11.3 Å². The number of hydrogen-bond donors (Lipinski definition) is 0. The standard InChI is InChI=1S/C15H22O/c1-12(9-11-16)7-8-14-13(2)6-5-10-15(14,3)4/h6-9,11,14H,5,10H2,1-4H3/b8-7+,12-9-. The van der Waals surface area contributed by atoms with Crippen molar-refractivity contribution >= 4 is 6.29 Å². The highest BCUT2D eigenvalue weighted by Crippen LogP contribution is 2.41. The Bertz CT molecular complexity index is 342. The molecule has 0 aromatic heterocycles. The maximum atomic E-state index is 10.3. The lowest BCUT2D eigenvalue weighted by Gasteiger charge is -2.36. The van der Waals surface area contributed by atoms with Crippen LogP contribution in [0.5, 0.6) is 0 Å². The molecular formula is C15H22O. The predicted molar refractivity (Wildman–Crippen MR) is 69.2 cm³/mol. The van der Waals surface area contributed by atoms with E-state index in [9.17, 15) is 4.79 Å². The molecule has 0 saturated carbocycles. The average Bonchev–Trinajstić information content (AvgIpc) is 2.16. The minimum absolute atomic E-state index is 0.330. The van der Waals surface area contributed by atoms with Crippen LogP contribution in [0.4, 0.5) is 0 Å². The van der Waals surface area contributed by atoms with Gasteiger partial charge in [-0.15, -0.1) is 0 Å². The quantitative estimate of drug-likeness (QED) is 0.302. The molecule has 0 heterocycles. The van der Waals surface area contributed by atoms with Crippen LogP contribution in [0.3, 0.4) is 0 Å². The third kappa shape index (κ3) is 3.19. The molecule has 1 aliphatic carbocycles. The normalized spacial score (nSPS) is 25.6. The summed E-state index contributed by atoms with van der Waals surface area (Å²) >= 11 is 0. The van der Waals surface area contributed by atoms with E-state index in [1.807, 2.05) is 6.92 Å². The van der Waals surface area contributed by atoms with Crippen LogP contribution in [0, 0.1) is 11.3 Å². The Morgan fingerprint density at radius 2 is 2.19 bits per heavy atom. The summed E-state index contributed by atoms with van der Waals surface area (Å²) in [7, 11) is 0. The first-order valence-corrected chi connectivity index (χ1v) is 5.94. The summed E-state index contributed by atoms with van der Waals surface area (Å²) in [5.41, 5.74) is 2.80. The van der Waals surface area contributed by atoms with Gasteiger partial charge in [-0.05, 0) is 43.8 Å². The number of carbonyl (C=O) groups is 1. The molecule has 0 aromatic rings. The largest absolute Gasteiger partial charge is 0.299 e. The summed E-state index contributed by atoms with van der Waals surface area (Å²) in [5.74, 6) is 0.497. The summed E-state index contributed by atoms with van der Waals surface area (Å²) in [6, 6.07) is 0. The first-order valence-electron chi connectivity index (χ1n) is 5.94. The molecule has 16 heavy (non-hydrogen) atoms. The minimum Gasteiger partial charge on any atom is -0.299 e. The van der Waals surface area contributed by atoms with Crippen LogP contribution in [0.2, 0.25) is 0 Å². The topological polar surface area (TPSA) is 17.1 Å². The van der Waals surface area contributed by atoms with E-state index in [2.05, 4.69) is 39.0 Å². The SMILES string of the molecule is CC1=CCCC(C)(C)C1/C=C/C(C)=C\C=O. The molecule has 0 spiro atoms. The Morgan fingerprint density at radius 1 is 1.50 bits per heavy atom. The van der Waals surface area contributed by atoms with Crippen LogP contribution in [0.1, 0.15) is 40.5 Å². The molecule has 0 bridgehead atoms. The molecular weight excluding hydrogens is 196 g/mol. The third-order valence-electron chi connectivity index (χ3n) is 3.47. The molecule has 0 amide bonds. The van der Waals surface area contributed by atoms with Gasteiger partial charge in [0.25, 0.3) is 0 Å². The first kappa shape index (κ1) is 13.0. The zero-order valence-corrected chi connectivity index (χ0v) is 10.8. The Labute approximate surface area is 98.9 Å². The first-order chi connectivity index (χ1) is 7.47. The Morgan fingerprint density at radius 3 is 2.75 bits per heavy atom. The van der Waals surface area contributed by atoms with Crippen molar-refractivity contribution in [3.05, 3.63) is 35.5 Å². The van der Waals surface area contributed by atoms with Crippen molar-refractivity contribution in [3.63, 3.8) is 0 Å². The molecule has 0 aromatic carbocycles. The van der Waals surface area contributed by atoms with E-state index in [4.69, 9.17) is 0 Å². The molecule has 1 heteroatoms. The molecule has 0 fully saturated rings. The average molecular weight is 218 g/mol. The van der Waals surface area contributed by atoms with Crippen LogP contribution >= 0.6 is 0 Å². The molecule has 88 valence electrons. The van der Waals surface area contributed by atoms with Gasteiger partial charge < -0.3 is 0 Å². The molecule has 1 rings (SSSR count). The lowest BCUT2D eigenvalue weighted by molar-refractivity contribution is -0.104. The number of aldehydes is 1. The van der Waals surface area contributed by atoms with Crippen molar-refractivity contribution in [3.8, 4) is 0 Å². The van der Waals surface area contributed by atoms with E-state index in [1.165, 1.54) is 18.4 Å². The van der Waals surface area contributed by atoms with Gasteiger partial charge in [0.2, 0.25) is 0 Å². The maximum absolute atomic E-state index is 10.3. The van der Waals surface area contributed by atoms with Crippen molar-refractivity contribution in [2.24, 2.45) is 11.3 Å². The Hall–Kier alpha value is -1.11. The molecule has 0 saturated heterocycles. The summed E-state index contributed by atoms with van der Waals surface area (Å²) in [6.07, 6.45) is 11.5. The summed E-state index contributed by atoms with van der Waals surface area (Å²) in [6.45, 7) is 8.79. The van der Waals surface area contributed by atoms with Crippen molar-refractivity contribution in [1.29, 1.82) is 0 Å². The fourth-order valence-corrected chi connectivity index (χ4v) is 2.39. The van der Waals surface area contributed by atoms with Gasteiger partial charge >= 0.3 is 0 Å². The second-order valence-corrected chi connectivity index (χ2v) is 5.36. The van der Waals surface area contributed by atoms with Gasteiger partial charge in [-0.1, -0.05) is 37.6 Å². The zero-order valence-electron chi connectivity index (χ0n) is 10.8.